The Hall–Kier alpha value is -3.19. The van der Waals surface area contributed by atoms with Gasteiger partial charge in [0.05, 0.1) is 12.8 Å². The highest BCUT2D eigenvalue weighted by atomic mass is 16.7. The number of ether oxygens (including phenoxy) is 3. The van der Waals surface area contributed by atoms with Crippen molar-refractivity contribution in [2.24, 2.45) is 0 Å². The average molecular weight is 372 g/mol. The second-order valence-electron chi connectivity index (χ2n) is 5.59. The van der Waals surface area contributed by atoms with E-state index in [1.807, 2.05) is 6.07 Å². The summed E-state index contributed by atoms with van der Waals surface area (Å²) in [5, 5.41) is 8.68. The Morgan fingerprint density at radius 3 is 1.93 bits per heavy atom. The molecule has 7 nitrogen and oxygen atoms in total. The molecule has 2 atom stereocenters. The van der Waals surface area contributed by atoms with Gasteiger partial charge in [0.25, 0.3) is 0 Å². The number of carboxylic acids is 1. The predicted molar refractivity (Wildman–Crippen MR) is 94.4 cm³/mol. The number of hydrogen-bond donors (Lipinski definition) is 1. The van der Waals surface area contributed by atoms with E-state index in [1.165, 1.54) is 7.11 Å². The molecule has 0 spiro atoms. The molecule has 2 aromatic rings. The van der Waals surface area contributed by atoms with Gasteiger partial charge in [0, 0.05) is 18.2 Å². The first-order valence-corrected chi connectivity index (χ1v) is 8.25. The Labute approximate surface area is 156 Å². The summed E-state index contributed by atoms with van der Waals surface area (Å²) in [5.41, 5.74) is 1.03. The number of methoxy groups -OCH3 is 1. The number of aliphatic carboxylic acids is 1. The van der Waals surface area contributed by atoms with Gasteiger partial charge in [-0.25, -0.2) is 4.79 Å². The highest BCUT2D eigenvalue weighted by molar-refractivity contribution is 5.82. The first kappa shape index (κ1) is 20.1. The van der Waals surface area contributed by atoms with Crippen molar-refractivity contribution in [2.45, 2.75) is 25.2 Å². The standard InChI is InChI=1S/C20H20O7/c1-25-20(15-10-6-3-7-11-15)27-19(24)18(14-8-4-2-5-9-14)26-17(23)13-12-16(21)22/h2-11,18,20H,12-13H2,1H3,(H,21,22). The topological polar surface area (TPSA) is 99.1 Å². The van der Waals surface area contributed by atoms with E-state index in [1.54, 1.807) is 54.6 Å². The number of carbonyl (C=O) groups is 3. The van der Waals surface area contributed by atoms with Crippen LogP contribution in [-0.2, 0) is 28.6 Å². The fourth-order valence-electron chi connectivity index (χ4n) is 2.31. The van der Waals surface area contributed by atoms with Crippen molar-refractivity contribution in [3.63, 3.8) is 0 Å². The number of rotatable bonds is 9. The van der Waals surface area contributed by atoms with Gasteiger partial charge in [-0.1, -0.05) is 60.7 Å². The van der Waals surface area contributed by atoms with Gasteiger partial charge in [-0.05, 0) is 0 Å². The van der Waals surface area contributed by atoms with Crippen LogP contribution in [0.4, 0.5) is 0 Å². The van der Waals surface area contributed by atoms with Crippen molar-refractivity contribution in [1.29, 1.82) is 0 Å². The Morgan fingerprint density at radius 2 is 1.41 bits per heavy atom. The summed E-state index contributed by atoms with van der Waals surface area (Å²) < 4.78 is 15.8. The third-order valence-corrected chi connectivity index (χ3v) is 3.62. The van der Waals surface area contributed by atoms with E-state index in [-0.39, 0.29) is 12.8 Å². The summed E-state index contributed by atoms with van der Waals surface area (Å²) in [6, 6.07) is 17.2. The zero-order chi connectivity index (χ0) is 19.6. The van der Waals surface area contributed by atoms with Crippen LogP contribution in [0.1, 0.15) is 36.4 Å². The van der Waals surface area contributed by atoms with E-state index >= 15 is 0 Å². The highest BCUT2D eigenvalue weighted by Gasteiger charge is 2.29. The second-order valence-corrected chi connectivity index (χ2v) is 5.59. The highest BCUT2D eigenvalue weighted by Crippen LogP contribution is 2.25. The molecule has 142 valence electrons. The van der Waals surface area contributed by atoms with Crippen LogP contribution in [0.5, 0.6) is 0 Å². The molecule has 0 aliphatic rings. The summed E-state index contributed by atoms with van der Waals surface area (Å²) in [5.74, 6) is -2.76. The Morgan fingerprint density at radius 1 is 0.852 bits per heavy atom. The average Bonchev–Trinajstić information content (AvgIpc) is 2.69. The maximum absolute atomic E-state index is 12.7. The van der Waals surface area contributed by atoms with Gasteiger partial charge in [0.15, 0.2) is 0 Å². The number of hydrogen-bond acceptors (Lipinski definition) is 6. The van der Waals surface area contributed by atoms with Crippen LogP contribution in [0.25, 0.3) is 0 Å². The number of carboxylic acid groups (broad SMARTS) is 1. The zero-order valence-electron chi connectivity index (χ0n) is 14.7. The van der Waals surface area contributed by atoms with Gasteiger partial charge < -0.3 is 19.3 Å². The van der Waals surface area contributed by atoms with E-state index in [9.17, 15) is 14.4 Å². The monoisotopic (exact) mass is 372 g/mol. The van der Waals surface area contributed by atoms with E-state index in [0.29, 0.717) is 11.1 Å². The summed E-state index contributed by atoms with van der Waals surface area (Å²) in [6.07, 6.45) is -3.03. The molecule has 2 unspecified atom stereocenters. The summed E-state index contributed by atoms with van der Waals surface area (Å²) in [4.78, 5) is 35.2. The first-order valence-electron chi connectivity index (χ1n) is 8.25. The third kappa shape index (κ3) is 6.23. The maximum atomic E-state index is 12.7. The van der Waals surface area contributed by atoms with Crippen molar-refractivity contribution >= 4 is 17.9 Å². The fraction of sp³-hybridized carbons (Fsp3) is 0.250. The maximum Gasteiger partial charge on any atom is 0.354 e. The van der Waals surface area contributed by atoms with Crippen LogP contribution in [-0.4, -0.2) is 30.1 Å². The number of benzene rings is 2. The largest absolute Gasteiger partial charge is 0.481 e. The normalized spacial score (nSPS) is 12.6. The number of esters is 2. The van der Waals surface area contributed by atoms with E-state index < -0.39 is 30.3 Å². The molecule has 0 aromatic heterocycles. The van der Waals surface area contributed by atoms with Gasteiger partial charge in [-0.2, -0.15) is 0 Å². The molecule has 1 N–H and O–H groups in total. The minimum absolute atomic E-state index is 0.349. The fourth-order valence-corrected chi connectivity index (χ4v) is 2.31. The lowest BCUT2D eigenvalue weighted by atomic mass is 10.1. The Kier molecular flexibility index (Phi) is 7.51. The minimum atomic E-state index is -1.33. The van der Waals surface area contributed by atoms with Gasteiger partial charge >= 0.3 is 17.9 Å². The molecule has 27 heavy (non-hydrogen) atoms. The van der Waals surface area contributed by atoms with Crippen LogP contribution >= 0.6 is 0 Å². The van der Waals surface area contributed by atoms with Gasteiger partial charge in [-0.15, -0.1) is 0 Å². The molecule has 7 heteroatoms. The van der Waals surface area contributed by atoms with Gasteiger partial charge in [0.1, 0.15) is 0 Å². The lowest BCUT2D eigenvalue weighted by Gasteiger charge is -2.21. The predicted octanol–water partition coefficient (Wildman–Crippen LogP) is 3.02. The summed E-state index contributed by atoms with van der Waals surface area (Å²) in [7, 11) is 1.39. The molecule has 0 saturated carbocycles. The minimum Gasteiger partial charge on any atom is -0.481 e. The van der Waals surface area contributed by atoms with Crippen LogP contribution in [0.2, 0.25) is 0 Å². The molecule has 0 saturated heterocycles. The van der Waals surface area contributed by atoms with Crippen molar-refractivity contribution < 1.29 is 33.7 Å². The molecule has 0 heterocycles. The molecule has 0 aliphatic carbocycles. The third-order valence-electron chi connectivity index (χ3n) is 3.62. The molecular formula is C20H20O7. The molecule has 0 aliphatic heterocycles. The molecule has 0 bridgehead atoms. The van der Waals surface area contributed by atoms with Gasteiger partial charge in [-0.3, -0.25) is 9.59 Å². The van der Waals surface area contributed by atoms with E-state index in [0.717, 1.165) is 0 Å². The van der Waals surface area contributed by atoms with E-state index in [4.69, 9.17) is 19.3 Å². The van der Waals surface area contributed by atoms with Crippen molar-refractivity contribution in [1.82, 2.24) is 0 Å². The first-order chi connectivity index (χ1) is 13.0. The molecule has 0 amide bonds. The van der Waals surface area contributed by atoms with Crippen molar-refractivity contribution in [3.05, 3.63) is 71.8 Å². The van der Waals surface area contributed by atoms with Crippen LogP contribution in [0, 0.1) is 0 Å². The molecule has 2 aromatic carbocycles. The van der Waals surface area contributed by atoms with Crippen molar-refractivity contribution in [3.8, 4) is 0 Å². The molecule has 0 fully saturated rings. The van der Waals surface area contributed by atoms with Crippen molar-refractivity contribution in [2.75, 3.05) is 7.11 Å². The van der Waals surface area contributed by atoms with Crippen LogP contribution in [0.3, 0.4) is 0 Å². The Balaban J connectivity index is 2.15. The lowest BCUT2D eigenvalue weighted by molar-refractivity contribution is -0.191. The van der Waals surface area contributed by atoms with E-state index in [2.05, 4.69) is 0 Å². The zero-order valence-corrected chi connectivity index (χ0v) is 14.7. The SMILES string of the molecule is COC(OC(=O)C(OC(=O)CCC(=O)O)c1ccccc1)c1ccccc1. The van der Waals surface area contributed by atoms with Crippen LogP contribution < -0.4 is 0 Å². The van der Waals surface area contributed by atoms with Crippen LogP contribution in [0.15, 0.2) is 60.7 Å². The molecule has 0 radical (unpaired) electrons. The number of carbonyl (C=O) groups excluding carboxylic acids is 2. The summed E-state index contributed by atoms with van der Waals surface area (Å²) >= 11 is 0. The quantitative estimate of drug-likeness (QED) is 0.533. The lowest BCUT2D eigenvalue weighted by Crippen LogP contribution is -2.24. The molecule has 2 rings (SSSR count). The summed E-state index contributed by atoms with van der Waals surface area (Å²) in [6.45, 7) is 0. The Bertz CT molecular complexity index is 758. The molecular weight excluding hydrogens is 352 g/mol. The second kappa shape index (κ2) is 10.1. The van der Waals surface area contributed by atoms with Gasteiger partial charge in [0.2, 0.25) is 12.4 Å². The smallest absolute Gasteiger partial charge is 0.354 e.